The zero-order valence-corrected chi connectivity index (χ0v) is 12.6. The van der Waals surface area contributed by atoms with Gasteiger partial charge < -0.3 is 15.7 Å². The van der Waals surface area contributed by atoms with Gasteiger partial charge in [-0.15, -0.1) is 0 Å². The number of carboxylic acids is 1. The normalized spacial score (nSPS) is 9.79. The molecule has 5 nitrogen and oxygen atoms in total. The van der Waals surface area contributed by atoms with Gasteiger partial charge in [-0.3, -0.25) is 4.79 Å². The molecule has 0 bridgehead atoms. The highest BCUT2D eigenvalue weighted by atomic mass is 79.9. The van der Waals surface area contributed by atoms with Crippen molar-refractivity contribution < 1.29 is 14.7 Å². The van der Waals surface area contributed by atoms with Gasteiger partial charge in [0.25, 0.3) is 0 Å². The van der Waals surface area contributed by atoms with Crippen molar-refractivity contribution in [2.45, 2.75) is 19.8 Å². The SMILES string of the molecule is CCCC(=O)NC(=S)Nc1cc(C(=O)O)ccc1Br. The number of carbonyl (C=O) groups is 2. The first kappa shape index (κ1) is 15.6. The molecule has 0 aromatic heterocycles. The topological polar surface area (TPSA) is 78.4 Å². The van der Waals surface area contributed by atoms with Gasteiger partial charge in [0.1, 0.15) is 0 Å². The molecule has 0 heterocycles. The molecule has 0 spiro atoms. The van der Waals surface area contributed by atoms with Crippen molar-refractivity contribution >= 4 is 50.8 Å². The molecule has 0 fully saturated rings. The second kappa shape index (κ2) is 7.20. The molecule has 0 aliphatic rings. The molecule has 0 radical (unpaired) electrons. The van der Waals surface area contributed by atoms with Crippen LogP contribution in [0.5, 0.6) is 0 Å². The average molecular weight is 345 g/mol. The quantitative estimate of drug-likeness (QED) is 0.732. The van der Waals surface area contributed by atoms with Crippen molar-refractivity contribution in [3.8, 4) is 0 Å². The zero-order chi connectivity index (χ0) is 14.4. The Morgan fingerprint density at radius 3 is 2.68 bits per heavy atom. The van der Waals surface area contributed by atoms with Gasteiger partial charge in [-0.1, -0.05) is 6.92 Å². The molecular weight excluding hydrogens is 332 g/mol. The Bertz CT molecular complexity index is 520. The molecule has 19 heavy (non-hydrogen) atoms. The summed E-state index contributed by atoms with van der Waals surface area (Å²) in [6, 6.07) is 4.50. The maximum Gasteiger partial charge on any atom is 0.335 e. The molecule has 0 unspecified atom stereocenters. The molecule has 1 rings (SSSR count). The number of nitrogens with one attached hydrogen (secondary N) is 2. The number of thiocarbonyl (C=S) groups is 1. The Morgan fingerprint density at radius 2 is 2.11 bits per heavy atom. The van der Waals surface area contributed by atoms with Gasteiger partial charge in [0.05, 0.1) is 11.3 Å². The van der Waals surface area contributed by atoms with Crippen molar-refractivity contribution in [1.82, 2.24) is 5.32 Å². The first-order chi connectivity index (χ1) is 8.93. The third-order valence-electron chi connectivity index (χ3n) is 2.19. The third-order valence-corrected chi connectivity index (χ3v) is 3.09. The monoisotopic (exact) mass is 344 g/mol. The Kier molecular flexibility index (Phi) is 5.91. The molecule has 1 amide bonds. The predicted molar refractivity (Wildman–Crippen MR) is 80.4 cm³/mol. The summed E-state index contributed by atoms with van der Waals surface area (Å²) in [5.74, 6) is -1.21. The van der Waals surface area contributed by atoms with E-state index >= 15 is 0 Å². The Balaban J connectivity index is 2.76. The molecule has 1 aromatic carbocycles. The van der Waals surface area contributed by atoms with Crippen LogP contribution in [0.15, 0.2) is 22.7 Å². The van der Waals surface area contributed by atoms with E-state index in [1.54, 1.807) is 6.07 Å². The van der Waals surface area contributed by atoms with Crippen LogP contribution in [0.25, 0.3) is 0 Å². The van der Waals surface area contributed by atoms with Crippen LogP contribution in [0.1, 0.15) is 30.1 Å². The van der Waals surface area contributed by atoms with Gasteiger partial charge in [-0.25, -0.2) is 4.79 Å². The summed E-state index contributed by atoms with van der Waals surface area (Å²) in [6.45, 7) is 1.89. The summed E-state index contributed by atoms with van der Waals surface area (Å²) in [4.78, 5) is 22.2. The highest BCUT2D eigenvalue weighted by molar-refractivity contribution is 9.10. The second-order valence-electron chi connectivity index (χ2n) is 3.75. The third kappa shape index (κ3) is 4.96. The molecule has 102 valence electrons. The maximum absolute atomic E-state index is 11.4. The minimum Gasteiger partial charge on any atom is -0.478 e. The van der Waals surface area contributed by atoms with Gasteiger partial charge in [0.2, 0.25) is 5.91 Å². The van der Waals surface area contributed by atoms with Crippen LogP contribution < -0.4 is 10.6 Å². The summed E-state index contributed by atoms with van der Waals surface area (Å²) >= 11 is 8.26. The van der Waals surface area contributed by atoms with E-state index in [1.165, 1.54) is 12.1 Å². The number of hydrogen-bond acceptors (Lipinski definition) is 3. The van der Waals surface area contributed by atoms with E-state index < -0.39 is 5.97 Å². The Morgan fingerprint density at radius 1 is 1.42 bits per heavy atom. The zero-order valence-electron chi connectivity index (χ0n) is 10.2. The van der Waals surface area contributed by atoms with E-state index in [0.717, 1.165) is 6.42 Å². The summed E-state index contributed by atoms with van der Waals surface area (Å²) in [5, 5.41) is 14.3. The molecular formula is C12H13BrN2O3S. The van der Waals surface area contributed by atoms with Crippen LogP contribution in [0, 0.1) is 0 Å². The van der Waals surface area contributed by atoms with Crippen molar-refractivity contribution in [2.75, 3.05) is 5.32 Å². The maximum atomic E-state index is 11.4. The molecule has 3 N–H and O–H groups in total. The second-order valence-corrected chi connectivity index (χ2v) is 5.01. The minimum absolute atomic E-state index is 0.133. The van der Waals surface area contributed by atoms with Crippen LogP contribution in [0.3, 0.4) is 0 Å². The van der Waals surface area contributed by atoms with Crippen molar-refractivity contribution in [3.05, 3.63) is 28.2 Å². The summed E-state index contributed by atoms with van der Waals surface area (Å²) in [7, 11) is 0. The molecule has 1 aromatic rings. The molecule has 7 heteroatoms. The van der Waals surface area contributed by atoms with E-state index in [9.17, 15) is 9.59 Å². The molecule has 0 atom stereocenters. The highest BCUT2D eigenvalue weighted by Gasteiger charge is 2.09. The van der Waals surface area contributed by atoms with Gasteiger partial charge in [-0.2, -0.15) is 0 Å². The predicted octanol–water partition coefficient (Wildman–Crippen LogP) is 2.76. The fourth-order valence-corrected chi connectivity index (χ4v) is 1.89. The first-order valence-corrected chi connectivity index (χ1v) is 6.77. The number of hydrogen-bond donors (Lipinski definition) is 3. The van der Waals surface area contributed by atoms with Crippen LogP contribution in [-0.4, -0.2) is 22.1 Å². The van der Waals surface area contributed by atoms with Crippen molar-refractivity contribution in [1.29, 1.82) is 0 Å². The fraction of sp³-hybridized carbons (Fsp3) is 0.250. The Labute approximate surface area is 124 Å². The lowest BCUT2D eigenvalue weighted by Gasteiger charge is -2.11. The molecule has 0 saturated heterocycles. The number of halogens is 1. The lowest BCUT2D eigenvalue weighted by molar-refractivity contribution is -0.119. The van der Waals surface area contributed by atoms with Crippen LogP contribution in [0.4, 0.5) is 5.69 Å². The number of aromatic carboxylic acids is 1. The van der Waals surface area contributed by atoms with Crippen molar-refractivity contribution in [3.63, 3.8) is 0 Å². The lowest BCUT2D eigenvalue weighted by Crippen LogP contribution is -2.33. The number of amides is 1. The van der Waals surface area contributed by atoms with Crippen LogP contribution >= 0.6 is 28.1 Å². The van der Waals surface area contributed by atoms with Gasteiger partial charge in [-0.05, 0) is 52.8 Å². The summed E-state index contributed by atoms with van der Waals surface area (Å²) in [5.41, 5.74) is 0.620. The van der Waals surface area contributed by atoms with Crippen molar-refractivity contribution in [2.24, 2.45) is 0 Å². The Hall–Kier alpha value is -1.47. The van der Waals surface area contributed by atoms with Crippen LogP contribution in [0.2, 0.25) is 0 Å². The van der Waals surface area contributed by atoms with Crippen LogP contribution in [-0.2, 0) is 4.79 Å². The first-order valence-electron chi connectivity index (χ1n) is 5.57. The minimum atomic E-state index is -1.03. The summed E-state index contributed by atoms with van der Waals surface area (Å²) in [6.07, 6.45) is 1.12. The highest BCUT2D eigenvalue weighted by Crippen LogP contribution is 2.23. The lowest BCUT2D eigenvalue weighted by atomic mass is 10.2. The number of anilines is 1. The smallest absolute Gasteiger partial charge is 0.335 e. The number of carbonyl (C=O) groups excluding carboxylic acids is 1. The largest absolute Gasteiger partial charge is 0.478 e. The van der Waals surface area contributed by atoms with Gasteiger partial charge in [0, 0.05) is 10.9 Å². The van der Waals surface area contributed by atoms with E-state index in [2.05, 4.69) is 26.6 Å². The van der Waals surface area contributed by atoms with E-state index in [0.29, 0.717) is 16.6 Å². The fourth-order valence-electron chi connectivity index (χ4n) is 1.32. The standard InChI is InChI=1S/C12H13BrN2O3S/c1-2-3-10(16)15-12(19)14-9-6-7(11(17)18)4-5-8(9)13/h4-6H,2-3H2,1H3,(H,17,18)(H2,14,15,16,19). The average Bonchev–Trinajstić information content (AvgIpc) is 2.31. The number of benzene rings is 1. The van der Waals surface area contributed by atoms with E-state index in [-0.39, 0.29) is 16.6 Å². The molecule has 0 aliphatic carbocycles. The van der Waals surface area contributed by atoms with E-state index in [1.807, 2.05) is 6.92 Å². The number of rotatable bonds is 4. The van der Waals surface area contributed by atoms with E-state index in [4.69, 9.17) is 17.3 Å². The molecule has 0 aliphatic heterocycles. The summed E-state index contributed by atoms with van der Waals surface area (Å²) < 4.78 is 0.657. The van der Waals surface area contributed by atoms with Gasteiger partial charge >= 0.3 is 5.97 Å². The molecule has 0 saturated carbocycles. The number of carboxylic acid groups (broad SMARTS) is 1. The van der Waals surface area contributed by atoms with Gasteiger partial charge in [0.15, 0.2) is 5.11 Å².